The first-order valence-corrected chi connectivity index (χ1v) is 9.75. The van der Waals surface area contributed by atoms with Crippen LogP contribution in [0.5, 0.6) is 5.75 Å². The molecule has 2 aromatic heterocycles. The van der Waals surface area contributed by atoms with Crippen LogP contribution in [0.3, 0.4) is 0 Å². The van der Waals surface area contributed by atoms with Crippen LogP contribution < -0.4 is 10.1 Å². The Bertz CT molecular complexity index is 1220. The molecular formula is C21H16FN3O4S. The molecule has 2 aromatic carbocycles. The van der Waals surface area contributed by atoms with Gasteiger partial charge in [-0.15, -0.1) is 11.3 Å². The van der Waals surface area contributed by atoms with Gasteiger partial charge in [-0.3, -0.25) is 9.20 Å². The highest BCUT2D eigenvalue weighted by molar-refractivity contribution is 7.15. The Morgan fingerprint density at radius 2 is 2.00 bits per heavy atom. The van der Waals surface area contributed by atoms with Gasteiger partial charge in [0.05, 0.1) is 7.11 Å². The number of nitrogens with zero attached hydrogens (tertiary/aromatic N) is 2. The third kappa shape index (κ3) is 4.01. The number of anilines is 1. The minimum atomic E-state index is -0.520. The molecule has 0 atom stereocenters. The first-order chi connectivity index (χ1) is 14.5. The number of hydrogen-bond donors (Lipinski definition) is 1. The topological polar surface area (TPSA) is 81.9 Å². The van der Waals surface area contributed by atoms with E-state index in [4.69, 9.17) is 4.74 Å². The minimum absolute atomic E-state index is 0.256. The van der Waals surface area contributed by atoms with E-state index >= 15 is 0 Å². The average Bonchev–Trinajstić information content (AvgIpc) is 3.35. The zero-order chi connectivity index (χ0) is 21.1. The van der Waals surface area contributed by atoms with E-state index in [1.54, 1.807) is 40.9 Å². The predicted octanol–water partition coefficient (Wildman–Crippen LogP) is 4.01. The van der Waals surface area contributed by atoms with E-state index in [0.717, 1.165) is 0 Å². The van der Waals surface area contributed by atoms with Crippen molar-refractivity contribution in [1.29, 1.82) is 0 Å². The second-order valence-electron chi connectivity index (χ2n) is 6.22. The zero-order valence-corrected chi connectivity index (χ0v) is 16.6. The van der Waals surface area contributed by atoms with Crippen molar-refractivity contribution >= 4 is 34.0 Å². The van der Waals surface area contributed by atoms with Crippen LogP contribution >= 0.6 is 11.3 Å². The lowest BCUT2D eigenvalue weighted by molar-refractivity contribution is -0.142. The van der Waals surface area contributed by atoms with Crippen LogP contribution in [0.2, 0.25) is 0 Å². The first-order valence-electron chi connectivity index (χ1n) is 8.87. The molecule has 0 saturated heterocycles. The molecule has 0 spiro atoms. The van der Waals surface area contributed by atoms with E-state index < -0.39 is 5.97 Å². The van der Waals surface area contributed by atoms with Gasteiger partial charge in [-0.1, -0.05) is 6.07 Å². The van der Waals surface area contributed by atoms with Crippen LogP contribution in [-0.4, -0.2) is 35.0 Å². The highest BCUT2D eigenvalue weighted by Gasteiger charge is 2.18. The monoisotopic (exact) mass is 425 g/mol. The van der Waals surface area contributed by atoms with E-state index in [0.29, 0.717) is 33.3 Å². The molecule has 0 saturated carbocycles. The van der Waals surface area contributed by atoms with Gasteiger partial charge < -0.3 is 14.8 Å². The number of ether oxygens (including phenoxy) is 2. The lowest BCUT2D eigenvalue weighted by Gasteiger charge is -2.09. The largest absolute Gasteiger partial charge is 0.482 e. The highest BCUT2D eigenvalue weighted by atomic mass is 32.1. The number of aromatic nitrogens is 2. The second-order valence-corrected chi connectivity index (χ2v) is 7.09. The molecule has 4 rings (SSSR count). The van der Waals surface area contributed by atoms with E-state index in [1.807, 2.05) is 5.38 Å². The number of halogens is 1. The van der Waals surface area contributed by atoms with Crippen molar-refractivity contribution in [2.45, 2.75) is 0 Å². The van der Waals surface area contributed by atoms with Crippen molar-refractivity contribution in [2.75, 3.05) is 19.0 Å². The fraction of sp³-hybridized carbons (Fsp3) is 0.0952. The number of methoxy groups -OCH3 is 1. The lowest BCUT2D eigenvalue weighted by Crippen LogP contribution is -2.15. The molecule has 9 heteroatoms. The third-order valence-electron chi connectivity index (χ3n) is 4.29. The Morgan fingerprint density at radius 3 is 2.77 bits per heavy atom. The number of carbonyl (C=O) groups is 2. The number of carbonyl (C=O) groups excluding carboxylic acids is 2. The summed E-state index contributed by atoms with van der Waals surface area (Å²) in [5.41, 5.74) is 1.55. The van der Waals surface area contributed by atoms with Crippen molar-refractivity contribution in [3.05, 3.63) is 71.5 Å². The molecule has 7 nitrogen and oxygen atoms in total. The molecule has 0 aliphatic carbocycles. The molecular weight excluding hydrogens is 409 g/mol. The third-order valence-corrected chi connectivity index (χ3v) is 5.05. The molecule has 0 fully saturated rings. The maximum Gasteiger partial charge on any atom is 0.343 e. The maximum absolute atomic E-state index is 13.3. The van der Waals surface area contributed by atoms with E-state index in [1.165, 1.54) is 36.6 Å². The number of fused-ring (bicyclic) bond motifs is 1. The molecule has 30 heavy (non-hydrogen) atoms. The van der Waals surface area contributed by atoms with Gasteiger partial charge in [-0.25, -0.2) is 14.2 Å². The highest BCUT2D eigenvalue weighted by Crippen LogP contribution is 2.31. The summed E-state index contributed by atoms with van der Waals surface area (Å²) in [5, 5.41) is 4.73. The molecule has 0 aliphatic heterocycles. The predicted molar refractivity (Wildman–Crippen MR) is 110 cm³/mol. The summed E-state index contributed by atoms with van der Waals surface area (Å²) in [5.74, 6) is -0.415. The van der Waals surface area contributed by atoms with Gasteiger partial charge >= 0.3 is 5.97 Å². The summed E-state index contributed by atoms with van der Waals surface area (Å²) in [4.78, 5) is 29.4. The van der Waals surface area contributed by atoms with E-state index in [2.05, 4.69) is 15.0 Å². The summed E-state index contributed by atoms with van der Waals surface area (Å²) in [6.07, 6.45) is 1.80. The summed E-state index contributed by atoms with van der Waals surface area (Å²) < 4.78 is 25.0. The molecule has 2 heterocycles. The van der Waals surface area contributed by atoms with Gasteiger partial charge in [0.1, 0.15) is 23.1 Å². The normalized spacial score (nSPS) is 10.7. The molecule has 0 aliphatic rings. The molecule has 4 aromatic rings. The van der Waals surface area contributed by atoms with Crippen LogP contribution in [0.25, 0.3) is 16.2 Å². The summed E-state index contributed by atoms with van der Waals surface area (Å²) in [6.45, 7) is -0.256. The Kier molecular flexibility index (Phi) is 5.44. The smallest absolute Gasteiger partial charge is 0.343 e. The van der Waals surface area contributed by atoms with Crippen LogP contribution in [0.1, 0.15) is 10.4 Å². The van der Waals surface area contributed by atoms with Crippen LogP contribution in [-0.2, 0) is 9.53 Å². The number of rotatable bonds is 6. The van der Waals surface area contributed by atoms with Crippen LogP contribution in [0.15, 0.2) is 60.1 Å². The zero-order valence-electron chi connectivity index (χ0n) is 15.8. The quantitative estimate of drug-likeness (QED) is 0.472. The fourth-order valence-corrected chi connectivity index (χ4v) is 3.54. The second kappa shape index (κ2) is 8.34. The molecule has 152 valence electrons. The van der Waals surface area contributed by atoms with Gasteiger partial charge in [0, 0.05) is 22.7 Å². The van der Waals surface area contributed by atoms with Crippen LogP contribution in [0.4, 0.5) is 10.2 Å². The number of nitrogens with one attached hydrogen (secondary N) is 1. The van der Waals surface area contributed by atoms with Gasteiger partial charge in [0.25, 0.3) is 5.91 Å². The van der Waals surface area contributed by atoms with Gasteiger partial charge in [-0.05, 0) is 42.5 Å². The fourth-order valence-electron chi connectivity index (χ4n) is 2.82. The summed E-state index contributed by atoms with van der Waals surface area (Å²) in [7, 11) is 1.27. The summed E-state index contributed by atoms with van der Waals surface area (Å²) in [6, 6.07) is 12.4. The van der Waals surface area contributed by atoms with Crippen molar-refractivity contribution in [3.63, 3.8) is 0 Å². The van der Waals surface area contributed by atoms with Crippen LogP contribution in [0, 0.1) is 5.82 Å². The molecule has 0 radical (unpaired) electrons. The van der Waals surface area contributed by atoms with Gasteiger partial charge in [0.15, 0.2) is 11.6 Å². The number of thiazole rings is 1. The molecule has 1 amide bonds. The minimum Gasteiger partial charge on any atom is -0.482 e. The number of hydrogen-bond acceptors (Lipinski definition) is 6. The molecule has 0 bridgehead atoms. The number of amides is 1. The van der Waals surface area contributed by atoms with Gasteiger partial charge in [0.2, 0.25) is 0 Å². The molecule has 1 N–H and O–H groups in total. The van der Waals surface area contributed by atoms with Crippen molar-refractivity contribution in [2.24, 2.45) is 0 Å². The standard InChI is InChI=1S/C21H16FN3O4S/c1-28-17(26)12-29-16-4-2-3-14(11-16)20(27)24-19-18(13-5-7-15(22)8-6-13)23-21-25(19)9-10-30-21/h2-11H,12H2,1H3,(H,24,27). The van der Waals surface area contributed by atoms with E-state index in [9.17, 15) is 14.0 Å². The summed E-state index contributed by atoms with van der Waals surface area (Å²) >= 11 is 1.42. The van der Waals surface area contributed by atoms with Crippen molar-refractivity contribution in [3.8, 4) is 17.0 Å². The average molecular weight is 425 g/mol. The Labute approximate surface area is 174 Å². The Morgan fingerprint density at radius 1 is 1.20 bits per heavy atom. The maximum atomic E-state index is 13.3. The first kappa shape index (κ1) is 19.6. The van der Waals surface area contributed by atoms with Crippen molar-refractivity contribution in [1.82, 2.24) is 9.38 Å². The molecule has 0 unspecified atom stereocenters. The number of benzene rings is 2. The SMILES string of the molecule is COC(=O)COc1cccc(C(=O)Nc2c(-c3ccc(F)cc3)nc3sccn23)c1. The van der Waals surface area contributed by atoms with Crippen molar-refractivity contribution < 1.29 is 23.5 Å². The van der Waals surface area contributed by atoms with Gasteiger partial charge in [-0.2, -0.15) is 0 Å². The van der Waals surface area contributed by atoms with E-state index in [-0.39, 0.29) is 18.3 Å². The Hall–Kier alpha value is -3.72. The number of esters is 1. The lowest BCUT2D eigenvalue weighted by atomic mass is 10.1. The number of imidazole rings is 1. The Balaban J connectivity index is 1.62.